The zero-order valence-corrected chi connectivity index (χ0v) is 12.9. The first-order valence-corrected chi connectivity index (χ1v) is 9.04. The van der Waals surface area contributed by atoms with Crippen LogP contribution < -0.4 is 10.9 Å². The SMILES string of the molecule is CSCC(=O)NNC(=O)CC12CC3CC(CC(C3)C1)C2. The van der Waals surface area contributed by atoms with E-state index in [1.165, 1.54) is 50.3 Å². The lowest BCUT2D eigenvalue weighted by atomic mass is 9.49. The van der Waals surface area contributed by atoms with E-state index in [1.807, 2.05) is 6.26 Å². The lowest BCUT2D eigenvalue weighted by molar-refractivity contribution is -0.133. The zero-order chi connectivity index (χ0) is 14.2. The van der Waals surface area contributed by atoms with Crippen molar-refractivity contribution in [1.29, 1.82) is 0 Å². The topological polar surface area (TPSA) is 58.2 Å². The Labute approximate surface area is 124 Å². The van der Waals surface area contributed by atoms with Gasteiger partial charge < -0.3 is 0 Å². The molecule has 4 nitrogen and oxygen atoms in total. The summed E-state index contributed by atoms with van der Waals surface area (Å²) in [5.41, 5.74) is 5.34. The van der Waals surface area contributed by atoms with E-state index in [2.05, 4.69) is 10.9 Å². The number of hydrazine groups is 1. The molecule has 0 aromatic heterocycles. The van der Waals surface area contributed by atoms with Gasteiger partial charge in [-0.1, -0.05) is 0 Å². The molecule has 0 aromatic carbocycles. The van der Waals surface area contributed by atoms with Gasteiger partial charge in [0.25, 0.3) is 0 Å². The predicted octanol–water partition coefficient (Wildman–Crippen LogP) is 2.10. The molecule has 0 aliphatic heterocycles. The van der Waals surface area contributed by atoms with Crippen LogP contribution >= 0.6 is 11.8 Å². The van der Waals surface area contributed by atoms with Gasteiger partial charge in [0.2, 0.25) is 11.8 Å². The minimum absolute atomic E-state index is 0.0126. The van der Waals surface area contributed by atoms with Crippen LogP contribution in [0.25, 0.3) is 0 Å². The minimum Gasteiger partial charge on any atom is -0.273 e. The quantitative estimate of drug-likeness (QED) is 0.781. The van der Waals surface area contributed by atoms with E-state index in [0.29, 0.717) is 12.2 Å². The summed E-state index contributed by atoms with van der Waals surface area (Å²) >= 11 is 1.45. The average molecular weight is 296 g/mol. The fourth-order valence-electron chi connectivity index (χ4n) is 5.20. The number of nitrogens with one attached hydrogen (secondary N) is 2. The molecule has 0 saturated heterocycles. The van der Waals surface area contributed by atoms with Crippen LogP contribution in [0.5, 0.6) is 0 Å². The zero-order valence-electron chi connectivity index (χ0n) is 12.1. The van der Waals surface area contributed by atoms with Gasteiger partial charge in [0.15, 0.2) is 0 Å². The summed E-state index contributed by atoms with van der Waals surface area (Å²) in [6.45, 7) is 0. The second-order valence-electron chi connectivity index (χ2n) is 7.12. The first kappa shape index (κ1) is 14.2. The van der Waals surface area contributed by atoms with E-state index in [-0.39, 0.29) is 17.2 Å². The van der Waals surface area contributed by atoms with Crippen molar-refractivity contribution in [2.75, 3.05) is 12.0 Å². The van der Waals surface area contributed by atoms with Crippen LogP contribution in [0.2, 0.25) is 0 Å². The molecular weight excluding hydrogens is 272 g/mol. The van der Waals surface area contributed by atoms with Crippen LogP contribution in [0.4, 0.5) is 0 Å². The molecule has 0 heterocycles. The lowest BCUT2D eigenvalue weighted by Gasteiger charge is -2.56. The molecule has 0 atom stereocenters. The smallest absolute Gasteiger partial charge is 0.248 e. The van der Waals surface area contributed by atoms with Gasteiger partial charge in [-0.15, -0.1) is 0 Å². The maximum Gasteiger partial charge on any atom is 0.248 e. The maximum atomic E-state index is 12.1. The van der Waals surface area contributed by atoms with Gasteiger partial charge in [-0.25, -0.2) is 0 Å². The summed E-state index contributed by atoms with van der Waals surface area (Å²) in [5, 5.41) is 0. The minimum atomic E-state index is -0.128. The molecule has 4 saturated carbocycles. The van der Waals surface area contributed by atoms with Gasteiger partial charge in [0.1, 0.15) is 0 Å². The fraction of sp³-hybridized carbons (Fsp3) is 0.867. The van der Waals surface area contributed by atoms with E-state index < -0.39 is 0 Å². The van der Waals surface area contributed by atoms with Gasteiger partial charge in [-0.3, -0.25) is 20.4 Å². The molecule has 0 unspecified atom stereocenters. The number of carbonyl (C=O) groups excluding carboxylic acids is 2. The van der Waals surface area contributed by atoms with Crippen molar-refractivity contribution in [3.8, 4) is 0 Å². The second-order valence-corrected chi connectivity index (χ2v) is 7.99. The Morgan fingerprint density at radius 2 is 1.50 bits per heavy atom. The van der Waals surface area contributed by atoms with Crippen molar-refractivity contribution < 1.29 is 9.59 Å². The van der Waals surface area contributed by atoms with Crippen molar-refractivity contribution in [2.45, 2.75) is 44.9 Å². The van der Waals surface area contributed by atoms with Gasteiger partial charge in [0.05, 0.1) is 5.75 Å². The Kier molecular flexibility index (Phi) is 3.98. The normalized spacial score (nSPS) is 37.8. The third kappa shape index (κ3) is 2.97. The molecule has 4 aliphatic carbocycles. The van der Waals surface area contributed by atoms with Crippen molar-refractivity contribution >= 4 is 23.6 Å². The number of thioether (sulfide) groups is 1. The van der Waals surface area contributed by atoms with Gasteiger partial charge in [-0.2, -0.15) is 11.8 Å². The highest BCUT2D eigenvalue weighted by Crippen LogP contribution is 2.61. The highest BCUT2D eigenvalue weighted by atomic mass is 32.2. The van der Waals surface area contributed by atoms with Gasteiger partial charge in [0, 0.05) is 6.42 Å². The molecule has 4 bridgehead atoms. The van der Waals surface area contributed by atoms with E-state index in [1.54, 1.807) is 0 Å². The molecule has 0 spiro atoms. The summed E-state index contributed by atoms with van der Waals surface area (Å²) in [5.74, 6) is 2.83. The van der Waals surface area contributed by atoms with Crippen molar-refractivity contribution in [1.82, 2.24) is 10.9 Å². The summed E-state index contributed by atoms with van der Waals surface area (Å²) in [6.07, 6.45) is 10.3. The molecular formula is C15H24N2O2S. The van der Waals surface area contributed by atoms with Gasteiger partial charge >= 0.3 is 0 Å². The van der Waals surface area contributed by atoms with Crippen LogP contribution in [0.15, 0.2) is 0 Å². The summed E-state index contributed by atoms with van der Waals surface area (Å²) < 4.78 is 0. The molecule has 2 amide bonds. The summed E-state index contributed by atoms with van der Waals surface area (Å²) in [7, 11) is 0. The van der Waals surface area contributed by atoms with E-state index in [4.69, 9.17) is 0 Å². The second kappa shape index (κ2) is 5.58. The monoisotopic (exact) mass is 296 g/mol. The molecule has 4 aliphatic rings. The Morgan fingerprint density at radius 3 is 2.00 bits per heavy atom. The first-order chi connectivity index (χ1) is 9.58. The molecule has 5 heteroatoms. The Morgan fingerprint density at radius 1 is 1.00 bits per heavy atom. The molecule has 0 radical (unpaired) electrons. The maximum absolute atomic E-state index is 12.1. The Bertz CT molecular complexity index is 375. The van der Waals surface area contributed by atoms with Crippen molar-refractivity contribution in [3.63, 3.8) is 0 Å². The first-order valence-electron chi connectivity index (χ1n) is 7.65. The molecule has 2 N–H and O–H groups in total. The Hall–Kier alpha value is -0.710. The van der Waals surface area contributed by atoms with E-state index >= 15 is 0 Å². The fourth-order valence-corrected chi connectivity index (χ4v) is 5.53. The number of carbonyl (C=O) groups is 2. The van der Waals surface area contributed by atoms with Crippen LogP contribution in [0, 0.1) is 23.2 Å². The van der Waals surface area contributed by atoms with Crippen LogP contribution in [-0.2, 0) is 9.59 Å². The predicted molar refractivity (Wildman–Crippen MR) is 79.9 cm³/mol. The third-order valence-corrected chi connectivity index (χ3v) is 5.87. The van der Waals surface area contributed by atoms with Crippen LogP contribution in [0.1, 0.15) is 44.9 Å². The molecule has 4 fully saturated rings. The van der Waals surface area contributed by atoms with E-state index in [9.17, 15) is 9.59 Å². The van der Waals surface area contributed by atoms with Crippen molar-refractivity contribution in [2.24, 2.45) is 23.2 Å². The standard InChI is InChI=1S/C15H24N2O2S/c1-20-9-14(19)17-16-13(18)8-15-5-10-2-11(6-15)4-12(3-10)7-15/h10-12H,2-9H2,1H3,(H,16,18)(H,17,19). The number of rotatable bonds is 4. The molecule has 4 rings (SSSR count). The number of amides is 2. The number of hydrogen-bond donors (Lipinski definition) is 2. The lowest BCUT2D eigenvalue weighted by Crippen LogP contribution is -2.50. The highest BCUT2D eigenvalue weighted by Gasteiger charge is 2.51. The Balaban J connectivity index is 1.52. The van der Waals surface area contributed by atoms with E-state index in [0.717, 1.165) is 17.8 Å². The summed E-state index contributed by atoms with van der Waals surface area (Å²) in [4.78, 5) is 23.5. The molecule has 20 heavy (non-hydrogen) atoms. The van der Waals surface area contributed by atoms with Crippen LogP contribution in [0.3, 0.4) is 0 Å². The third-order valence-electron chi connectivity index (χ3n) is 5.32. The van der Waals surface area contributed by atoms with Gasteiger partial charge in [-0.05, 0) is 67.9 Å². The molecule has 112 valence electrons. The molecule has 0 aromatic rings. The van der Waals surface area contributed by atoms with Crippen LogP contribution in [-0.4, -0.2) is 23.8 Å². The summed E-state index contributed by atoms with van der Waals surface area (Å²) in [6, 6.07) is 0. The average Bonchev–Trinajstić information content (AvgIpc) is 2.34. The number of hydrogen-bond acceptors (Lipinski definition) is 3. The largest absolute Gasteiger partial charge is 0.273 e. The highest BCUT2D eigenvalue weighted by molar-refractivity contribution is 7.99. The van der Waals surface area contributed by atoms with Crippen molar-refractivity contribution in [3.05, 3.63) is 0 Å².